The van der Waals surface area contributed by atoms with E-state index in [1.54, 1.807) is 24.3 Å². The van der Waals surface area contributed by atoms with E-state index in [-0.39, 0.29) is 23.2 Å². The second-order valence-corrected chi connectivity index (χ2v) is 4.64. The van der Waals surface area contributed by atoms with Gasteiger partial charge < -0.3 is 21.7 Å². The molecule has 0 amide bonds. The quantitative estimate of drug-likeness (QED) is 0.380. The van der Waals surface area contributed by atoms with E-state index in [1.807, 2.05) is 0 Å². The van der Waals surface area contributed by atoms with Crippen molar-refractivity contribution in [3.8, 4) is 11.5 Å². The zero-order valence-electron chi connectivity index (χ0n) is 12.6. The summed E-state index contributed by atoms with van der Waals surface area (Å²) in [6.07, 6.45) is 2.92. The number of phenolic OH excluding ortho intramolecular Hbond substituents is 2. The van der Waals surface area contributed by atoms with Crippen molar-refractivity contribution in [2.75, 3.05) is 0 Å². The highest BCUT2D eigenvalue weighted by Crippen LogP contribution is 2.08. The number of benzene rings is 2. The first-order chi connectivity index (χ1) is 11.5. The molecule has 0 spiro atoms. The van der Waals surface area contributed by atoms with E-state index in [1.165, 1.54) is 36.7 Å². The van der Waals surface area contributed by atoms with Gasteiger partial charge in [-0.3, -0.25) is 0 Å². The van der Waals surface area contributed by atoms with Crippen molar-refractivity contribution in [3.63, 3.8) is 0 Å². The van der Waals surface area contributed by atoms with Crippen molar-refractivity contribution in [1.29, 1.82) is 0 Å². The number of hydrogen-bond acceptors (Lipinski definition) is 6. The summed E-state index contributed by atoms with van der Waals surface area (Å²) in [7, 11) is 0. The molecule has 8 heteroatoms. The van der Waals surface area contributed by atoms with Crippen molar-refractivity contribution in [2.45, 2.75) is 0 Å². The Hall–Kier alpha value is -3.68. The molecule has 0 radical (unpaired) electrons. The van der Waals surface area contributed by atoms with Crippen LogP contribution in [0.25, 0.3) is 0 Å². The van der Waals surface area contributed by atoms with Crippen LogP contribution in [0.3, 0.4) is 0 Å². The van der Waals surface area contributed by atoms with E-state index in [0.29, 0.717) is 0 Å². The van der Waals surface area contributed by atoms with Crippen LogP contribution >= 0.6 is 0 Å². The van der Waals surface area contributed by atoms with E-state index in [9.17, 15) is 10.2 Å². The van der Waals surface area contributed by atoms with Gasteiger partial charge in [0.15, 0.2) is 11.7 Å². The fourth-order valence-electron chi connectivity index (χ4n) is 1.54. The van der Waals surface area contributed by atoms with Crippen LogP contribution in [-0.2, 0) is 0 Å². The minimum absolute atomic E-state index is 0.0760. The average molecular weight is 324 g/mol. The van der Waals surface area contributed by atoms with Crippen molar-refractivity contribution in [2.24, 2.45) is 31.9 Å². The van der Waals surface area contributed by atoms with Crippen molar-refractivity contribution >= 4 is 24.1 Å². The van der Waals surface area contributed by atoms with Gasteiger partial charge in [-0.1, -0.05) is 0 Å². The maximum atomic E-state index is 9.17. The molecule has 0 saturated carbocycles. The maximum Gasteiger partial charge on any atom is 0.190 e. The first-order valence-corrected chi connectivity index (χ1v) is 6.86. The van der Waals surface area contributed by atoms with Crippen LogP contribution in [0.4, 0.5) is 0 Å². The van der Waals surface area contributed by atoms with Crippen molar-refractivity contribution < 1.29 is 10.2 Å². The molecule has 0 bridgehead atoms. The van der Waals surface area contributed by atoms with Gasteiger partial charge >= 0.3 is 0 Å². The molecular formula is C16H16N6O2. The standard InChI is InChI=1S/C16H16N6O2/c17-15(21-19-9-11-1-5-13(23)6-2-11)16(18)22-20-10-12-3-7-14(24)8-4-12/h1-10,23-24H,(H2,17,21)(H2,18,22)/b19-9-,20-10-. The topological polar surface area (TPSA) is 142 Å². The maximum absolute atomic E-state index is 9.17. The lowest BCUT2D eigenvalue weighted by Crippen LogP contribution is -2.30. The Morgan fingerprint density at radius 1 is 0.667 bits per heavy atom. The van der Waals surface area contributed by atoms with Gasteiger partial charge in [0.2, 0.25) is 0 Å². The molecule has 0 atom stereocenters. The van der Waals surface area contributed by atoms with Gasteiger partial charge in [0.25, 0.3) is 0 Å². The predicted molar refractivity (Wildman–Crippen MR) is 94.6 cm³/mol. The average Bonchev–Trinajstić information content (AvgIpc) is 2.58. The Kier molecular flexibility index (Phi) is 5.62. The highest BCUT2D eigenvalue weighted by atomic mass is 16.3. The first kappa shape index (κ1) is 16.7. The van der Waals surface area contributed by atoms with Gasteiger partial charge in [-0.05, 0) is 59.7 Å². The molecule has 0 fully saturated rings. The molecule has 0 aliphatic rings. The molecule has 0 saturated heterocycles. The summed E-state index contributed by atoms with van der Waals surface area (Å²) < 4.78 is 0. The molecule has 0 aliphatic carbocycles. The second-order valence-electron chi connectivity index (χ2n) is 4.64. The van der Waals surface area contributed by atoms with E-state index in [2.05, 4.69) is 20.4 Å². The molecule has 0 aromatic heterocycles. The number of rotatable bonds is 4. The number of phenols is 2. The Morgan fingerprint density at radius 2 is 1.00 bits per heavy atom. The Morgan fingerprint density at radius 3 is 1.33 bits per heavy atom. The third kappa shape index (κ3) is 5.26. The molecule has 6 N–H and O–H groups in total. The summed E-state index contributed by atoms with van der Waals surface area (Å²) in [6, 6.07) is 12.8. The third-order valence-electron chi connectivity index (χ3n) is 2.79. The fraction of sp³-hybridized carbons (Fsp3) is 0. The zero-order chi connectivity index (χ0) is 17.4. The molecule has 122 valence electrons. The zero-order valence-corrected chi connectivity index (χ0v) is 12.6. The second kappa shape index (κ2) is 8.08. The molecule has 2 aromatic rings. The molecule has 2 rings (SSSR count). The largest absolute Gasteiger partial charge is 0.508 e. The number of nitrogens with zero attached hydrogens (tertiary/aromatic N) is 4. The molecule has 8 nitrogen and oxygen atoms in total. The summed E-state index contributed by atoms with van der Waals surface area (Å²) in [6.45, 7) is 0. The SMILES string of the molecule is NC(=N\N=C/c1ccc(O)cc1)/C(N)=N\N=C/c1ccc(O)cc1. The molecular weight excluding hydrogens is 308 g/mol. The fourth-order valence-corrected chi connectivity index (χ4v) is 1.54. The molecule has 24 heavy (non-hydrogen) atoms. The summed E-state index contributed by atoms with van der Waals surface area (Å²) in [4.78, 5) is 0. The Labute approximate surface area is 138 Å². The smallest absolute Gasteiger partial charge is 0.190 e. The van der Waals surface area contributed by atoms with Crippen LogP contribution in [0.5, 0.6) is 11.5 Å². The number of nitrogens with two attached hydrogens (primary N) is 2. The Balaban J connectivity index is 1.98. The molecule has 0 aliphatic heterocycles. The van der Waals surface area contributed by atoms with Gasteiger partial charge in [-0.15, -0.1) is 10.2 Å². The molecule has 0 heterocycles. The van der Waals surface area contributed by atoms with E-state index < -0.39 is 0 Å². The predicted octanol–water partition coefficient (Wildman–Crippen LogP) is 1.18. The molecule has 2 aromatic carbocycles. The third-order valence-corrected chi connectivity index (χ3v) is 2.79. The van der Waals surface area contributed by atoms with Gasteiger partial charge in [-0.2, -0.15) is 10.2 Å². The van der Waals surface area contributed by atoms with Gasteiger partial charge in [0.1, 0.15) is 11.5 Å². The van der Waals surface area contributed by atoms with Gasteiger partial charge in [0.05, 0.1) is 12.4 Å². The van der Waals surface area contributed by atoms with E-state index in [4.69, 9.17) is 11.5 Å². The summed E-state index contributed by atoms with van der Waals surface area (Å²) in [5.41, 5.74) is 12.8. The lowest BCUT2D eigenvalue weighted by molar-refractivity contribution is 0.475. The van der Waals surface area contributed by atoms with Crippen LogP contribution in [-0.4, -0.2) is 34.3 Å². The van der Waals surface area contributed by atoms with E-state index in [0.717, 1.165) is 11.1 Å². The lowest BCUT2D eigenvalue weighted by atomic mass is 10.2. The van der Waals surface area contributed by atoms with Crippen LogP contribution in [0.1, 0.15) is 11.1 Å². The van der Waals surface area contributed by atoms with E-state index >= 15 is 0 Å². The monoisotopic (exact) mass is 324 g/mol. The Bertz CT molecular complexity index is 723. The van der Waals surface area contributed by atoms with Crippen LogP contribution in [0.2, 0.25) is 0 Å². The highest BCUT2D eigenvalue weighted by Gasteiger charge is 1.97. The normalized spacial score (nSPS) is 13.0. The van der Waals surface area contributed by atoms with Gasteiger partial charge in [-0.25, -0.2) is 0 Å². The summed E-state index contributed by atoms with van der Waals surface area (Å²) in [5.74, 6) is 0.178. The molecule has 0 unspecified atom stereocenters. The van der Waals surface area contributed by atoms with Crippen LogP contribution in [0, 0.1) is 0 Å². The van der Waals surface area contributed by atoms with Crippen LogP contribution in [0.15, 0.2) is 68.9 Å². The minimum atomic E-state index is -0.0760. The first-order valence-electron chi connectivity index (χ1n) is 6.86. The highest BCUT2D eigenvalue weighted by molar-refractivity contribution is 6.39. The number of hydrogen-bond donors (Lipinski definition) is 4. The lowest BCUT2D eigenvalue weighted by Gasteiger charge is -1.95. The summed E-state index contributed by atoms with van der Waals surface area (Å²) in [5, 5.41) is 33.3. The van der Waals surface area contributed by atoms with Crippen molar-refractivity contribution in [3.05, 3.63) is 59.7 Å². The van der Waals surface area contributed by atoms with Gasteiger partial charge in [0, 0.05) is 0 Å². The van der Waals surface area contributed by atoms with Crippen molar-refractivity contribution in [1.82, 2.24) is 0 Å². The minimum Gasteiger partial charge on any atom is -0.508 e. The number of aromatic hydroxyl groups is 2. The van der Waals surface area contributed by atoms with Crippen LogP contribution < -0.4 is 11.5 Å². The number of amidine groups is 2. The summed E-state index contributed by atoms with van der Waals surface area (Å²) >= 11 is 0.